The maximum absolute atomic E-state index is 5.34. The number of hydrogen-bond donors (Lipinski definition) is 3. The lowest BCUT2D eigenvalue weighted by atomic mass is 10.2. The van der Waals surface area contributed by atoms with Crippen molar-refractivity contribution < 1.29 is 4.74 Å². The number of aromatic nitrogens is 2. The van der Waals surface area contributed by atoms with E-state index in [1.807, 2.05) is 37.3 Å². The zero-order valence-electron chi connectivity index (χ0n) is 11.0. The largest absolute Gasteiger partial charge is 0.380 e. The van der Waals surface area contributed by atoms with Gasteiger partial charge in [-0.2, -0.15) is 4.98 Å². The van der Waals surface area contributed by atoms with Crippen molar-refractivity contribution in [3.05, 3.63) is 41.6 Å². The van der Waals surface area contributed by atoms with Gasteiger partial charge in [0.15, 0.2) is 0 Å². The summed E-state index contributed by atoms with van der Waals surface area (Å²) in [5.41, 5.74) is 5.28. The number of nitrogens with two attached hydrogens (primary N) is 1. The van der Waals surface area contributed by atoms with Gasteiger partial charge in [-0.15, -0.1) is 0 Å². The smallest absolute Gasteiger partial charge is 0.239 e. The topological polar surface area (TPSA) is 85.1 Å². The normalized spacial score (nSPS) is 10.3. The first-order chi connectivity index (χ1) is 9.22. The number of benzene rings is 1. The van der Waals surface area contributed by atoms with Crippen LogP contribution < -0.4 is 16.6 Å². The van der Waals surface area contributed by atoms with Gasteiger partial charge in [-0.1, -0.05) is 18.2 Å². The van der Waals surface area contributed by atoms with Gasteiger partial charge in [0.05, 0.1) is 6.61 Å². The van der Waals surface area contributed by atoms with Crippen molar-refractivity contribution in [1.29, 1.82) is 0 Å². The Labute approximate surface area is 112 Å². The fourth-order valence-electron chi connectivity index (χ4n) is 1.76. The molecule has 0 saturated carbocycles. The SMILES string of the molecule is COCc1ccccc1Nc1cc(C)nc(NN)n1. The summed E-state index contributed by atoms with van der Waals surface area (Å²) in [5.74, 6) is 6.40. The molecule has 2 rings (SSSR count). The number of hydrazine groups is 1. The molecule has 0 atom stereocenters. The highest BCUT2D eigenvalue weighted by Gasteiger charge is 2.05. The van der Waals surface area contributed by atoms with Crippen LogP contribution in [0.4, 0.5) is 17.5 Å². The number of ether oxygens (including phenoxy) is 1. The Hall–Kier alpha value is -2.18. The molecular weight excluding hydrogens is 242 g/mol. The van der Waals surface area contributed by atoms with Crippen LogP contribution in [0.5, 0.6) is 0 Å². The van der Waals surface area contributed by atoms with Crippen molar-refractivity contribution in [2.75, 3.05) is 17.9 Å². The minimum atomic E-state index is 0.381. The van der Waals surface area contributed by atoms with Gasteiger partial charge < -0.3 is 10.1 Å². The molecule has 0 spiro atoms. The molecule has 100 valence electrons. The van der Waals surface area contributed by atoms with Gasteiger partial charge in [-0.25, -0.2) is 10.8 Å². The minimum absolute atomic E-state index is 0.381. The predicted octanol–water partition coefficient (Wildman–Crippen LogP) is 1.96. The quantitative estimate of drug-likeness (QED) is 0.562. The summed E-state index contributed by atoms with van der Waals surface area (Å²) >= 11 is 0. The Morgan fingerprint density at radius 1 is 1.26 bits per heavy atom. The third-order valence-electron chi connectivity index (χ3n) is 2.56. The van der Waals surface area contributed by atoms with E-state index in [0.29, 0.717) is 18.4 Å². The summed E-state index contributed by atoms with van der Waals surface area (Å²) in [6.45, 7) is 2.42. The van der Waals surface area contributed by atoms with Gasteiger partial charge >= 0.3 is 0 Å². The number of aryl methyl sites for hydroxylation is 1. The monoisotopic (exact) mass is 259 g/mol. The van der Waals surface area contributed by atoms with Crippen molar-refractivity contribution in [1.82, 2.24) is 9.97 Å². The first-order valence-electron chi connectivity index (χ1n) is 5.89. The van der Waals surface area contributed by atoms with Gasteiger partial charge in [0, 0.05) is 30.1 Å². The molecular formula is C13H17N5O. The van der Waals surface area contributed by atoms with Gasteiger partial charge in [-0.3, -0.25) is 5.43 Å². The van der Waals surface area contributed by atoms with Gasteiger partial charge in [0.2, 0.25) is 5.95 Å². The molecule has 0 fully saturated rings. The first-order valence-corrected chi connectivity index (χ1v) is 5.89. The molecule has 0 bridgehead atoms. The highest BCUT2D eigenvalue weighted by Crippen LogP contribution is 2.21. The molecule has 0 unspecified atom stereocenters. The Morgan fingerprint density at radius 2 is 2.05 bits per heavy atom. The molecule has 0 radical (unpaired) electrons. The summed E-state index contributed by atoms with van der Waals surface area (Å²) < 4.78 is 5.17. The number of nitrogen functional groups attached to an aromatic ring is 1. The lowest BCUT2D eigenvalue weighted by Crippen LogP contribution is -2.12. The third kappa shape index (κ3) is 3.40. The number of para-hydroxylation sites is 1. The second-order valence-electron chi connectivity index (χ2n) is 4.08. The minimum Gasteiger partial charge on any atom is -0.380 e. The van der Waals surface area contributed by atoms with E-state index in [2.05, 4.69) is 20.7 Å². The Kier molecular flexibility index (Phi) is 4.27. The van der Waals surface area contributed by atoms with Crippen LogP contribution in [0.3, 0.4) is 0 Å². The van der Waals surface area contributed by atoms with Crippen molar-refractivity contribution in [3.63, 3.8) is 0 Å². The van der Waals surface area contributed by atoms with E-state index in [-0.39, 0.29) is 0 Å². The van der Waals surface area contributed by atoms with E-state index in [1.54, 1.807) is 7.11 Å². The van der Waals surface area contributed by atoms with Crippen LogP contribution in [0, 0.1) is 6.92 Å². The molecule has 1 aromatic carbocycles. The highest BCUT2D eigenvalue weighted by atomic mass is 16.5. The summed E-state index contributed by atoms with van der Waals surface area (Å²) in [5, 5.41) is 3.25. The van der Waals surface area contributed by atoms with Gasteiger partial charge in [-0.05, 0) is 13.0 Å². The Morgan fingerprint density at radius 3 is 2.79 bits per heavy atom. The van der Waals surface area contributed by atoms with Crippen LogP contribution in [-0.4, -0.2) is 17.1 Å². The summed E-state index contributed by atoms with van der Waals surface area (Å²) in [6.07, 6.45) is 0. The molecule has 4 N–H and O–H groups in total. The van der Waals surface area contributed by atoms with Crippen LogP contribution in [0.15, 0.2) is 30.3 Å². The Balaban J connectivity index is 2.28. The van der Waals surface area contributed by atoms with E-state index >= 15 is 0 Å². The number of rotatable bonds is 5. The lowest BCUT2D eigenvalue weighted by molar-refractivity contribution is 0.185. The summed E-state index contributed by atoms with van der Waals surface area (Å²) in [6, 6.07) is 9.75. The number of methoxy groups -OCH3 is 1. The third-order valence-corrected chi connectivity index (χ3v) is 2.56. The van der Waals surface area contributed by atoms with E-state index in [4.69, 9.17) is 10.6 Å². The van der Waals surface area contributed by atoms with Crippen LogP contribution in [0.1, 0.15) is 11.3 Å². The maximum atomic E-state index is 5.34. The average molecular weight is 259 g/mol. The van der Waals surface area contributed by atoms with E-state index < -0.39 is 0 Å². The van der Waals surface area contributed by atoms with E-state index in [0.717, 1.165) is 16.9 Å². The highest BCUT2D eigenvalue weighted by molar-refractivity contribution is 5.61. The van der Waals surface area contributed by atoms with Crippen LogP contribution in [-0.2, 0) is 11.3 Å². The van der Waals surface area contributed by atoms with Crippen molar-refractivity contribution in [2.24, 2.45) is 5.84 Å². The first kappa shape index (κ1) is 13.3. The molecule has 0 aliphatic carbocycles. The van der Waals surface area contributed by atoms with Crippen LogP contribution in [0.2, 0.25) is 0 Å². The number of nitrogens with one attached hydrogen (secondary N) is 2. The molecule has 1 heterocycles. The second-order valence-corrected chi connectivity index (χ2v) is 4.08. The zero-order chi connectivity index (χ0) is 13.7. The van der Waals surface area contributed by atoms with Crippen molar-refractivity contribution >= 4 is 17.5 Å². The second kappa shape index (κ2) is 6.12. The molecule has 1 aromatic heterocycles. The molecule has 0 aliphatic heterocycles. The summed E-state index contributed by atoms with van der Waals surface area (Å²) in [7, 11) is 1.67. The number of nitrogens with zero attached hydrogens (tertiary/aromatic N) is 2. The molecule has 0 saturated heterocycles. The predicted molar refractivity (Wildman–Crippen MR) is 75.0 cm³/mol. The number of hydrogen-bond acceptors (Lipinski definition) is 6. The molecule has 2 aromatic rings. The van der Waals surface area contributed by atoms with E-state index in [1.165, 1.54) is 0 Å². The standard InChI is InChI=1S/C13H17N5O/c1-9-7-12(17-13(15-9)18-14)16-11-6-4-3-5-10(11)8-19-2/h3-7H,8,14H2,1-2H3,(H2,15,16,17,18). The molecule has 6 nitrogen and oxygen atoms in total. The fourth-order valence-corrected chi connectivity index (χ4v) is 1.76. The van der Waals surface area contributed by atoms with Crippen molar-refractivity contribution in [3.8, 4) is 0 Å². The van der Waals surface area contributed by atoms with E-state index in [9.17, 15) is 0 Å². The van der Waals surface area contributed by atoms with Crippen LogP contribution >= 0.6 is 0 Å². The zero-order valence-corrected chi connectivity index (χ0v) is 11.0. The number of anilines is 3. The molecule has 6 heteroatoms. The summed E-state index contributed by atoms with van der Waals surface area (Å²) in [4.78, 5) is 8.39. The Bertz CT molecular complexity index is 558. The van der Waals surface area contributed by atoms with Gasteiger partial charge in [0.25, 0.3) is 0 Å². The van der Waals surface area contributed by atoms with Crippen molar-refractivity contribution in [2.45, 2.75) is 13.5 Å². The fraction of sp³-hybridized carbons (Fsp3) is 0.231. The molecule has 0 aliphatic rings. The molecule has 19 heavy (non-hydrogen) atoms. The maximum Gasteiger partial charge on any atom is 0.239 e. The van der Waals surface area contributed by atoms with Gasteiger partial charge in [0.1, 0.15) is 5.82 Å². The van der Waals surface area contributed by atoms with Crippen LogP contribution in [0.25, 0.3) is 0 Å². The molecule has 0 amide bonds. The average Bonchev–Trinajstić information content (AvgIpc) is 2.40. The lowest BCUT2D eigenvalue weighted by Gasteiger charge is -2.12.